The van der Waals surface area contributed by atoms with Gasteiger partial charge in [0.05, 0.1) is 5.25 Å². The second-order valence-electron chi connectivity index (χ2n) is 5.31. The number of carboxylic acids is 1. The van der Waals surface area contributed by atoms with Gasteiger partial charge in [-0.3, -0.25) is 4.79 Å². The molecule has 1 fully saturated rings. The molecule has 3 N–H and O–H groups in total. The maximum atomic E-state index is 12.2. The maximum Gasteiger partial charge on any atom is 0.312 e. The number of carboxylic acid groups (broad SMARTS) is 1. The van der Waals surface area contributed by atoms with Gasteiger partial charge in [-0.05, 0) is 12.5 Å². The summed E-state index contributed by atoms with van der Waals surface area (Å²) < 4.78 is 24.3. The Morgan fingerprint density at radius 1 is 1.35 bits per heavy atom. The molecule has 1 aliphatic rings. The lowest BCUT2D eigenvalue weighted by atomic mass is 9.99. The average molecular weight is 297 g/mol. The number of hydrogen-bond donors (Lipinski definition) is 2. The van der Waals surface area contributed by atoms with Gasteiger partial charge in [0.25, 0.3) is 0 Å². The van der Waals surface area contributed by atoms with E-state index in [1.807, 2.05) is 19.1 Å². The molecule has 0 unspecified atom stereocenters. The molecule has 1 aromatic rings. The van der Waals surface area contributed by atoms with Crippen LogP contribution in [0.25, 0.3) is 0 Å². The molecule has 6 heteroatoms. The van der Waals surface area contributed by atoms with Gasteiger partial charge >= 0.3 is 5.97 Å². The lowest BCUT2D eigenvalue weighted by Crippen LogP contribution is -2.32. The molecule has 1 aliphatic carbocycles. The minimum absolute atomic E-state index is 0.0743. The Labute approximate surface area is 118 Å². The molecule has 3 atom stereocenters. The van der Waals surface area contributed by atoms with Crippen molar-refractivity contribution in [2.45, 2.75) is 25.0 Å². The molecule has 5 nitrogen and oxygen atoms in total. The Kier molecular flexibility index (Phi) is 3.64. The molecule has 0 aromatic heterocycles. The van der Waals surface area contributed by atoms with E-state index >= 15 is 0 Å². The standard InChI is InChI=1S/C14H19NO4S/c1-3-20(18,19)12-11(14(12,8-15)13(16)17)10-6-4-9(2)5-7-10/h4-7,11-12H,3,8,15H2,1-2H3,(H,16,17)/t11-,12+,14+/m0/s1. The summed E-state index contributed by atoms with van der Waals surface area (Å²) in [5.74, 6) is -1.77. The van der Waals surface area contributed by atoms with Crippen molar-refractivity contribution in [3.8, 4) is 0 Å². The Balaban J connectivity index is 2.50. The first-order valence-electron chi connectivity index (χ1n) is 6.53. The molecule has 0 saturated heterocycles. The Morgan fingerprint density at radius 2 is 1.90 bits per heavy atom. The maximum absolute atomic E-state index is 12.2. The van der Waals surface area contributed by atoms with Crippen LogP contribution in [0.15, 0.2) is 24.3 Å². The molecule has 1 saturated carbocycles. The fourth-order valence-electron chi connectivity index (χ4n) is 2.94. The summed E-state index contributed by atoms with van der Waals surface area (Å²) >= 11 is 0. The van der Waals surface area contributed by atoms with Gasteiger partial charge in [-0.1, -0.05) is 36.8 Å². The lowest BCUT2D eigenvalue weighted by molar-refractivity contribution is -0.143. The molecule has 0 heterocycles. The highest BCUT2D eigenvalue weighted by Crippen LogP contribution is 2.62. The number of aryl methyl sites for hydroxylation is 1. The summed E-state index contributed by atoms with van der Waals surface area (Å²) in [5, 5.41) is 8.55. The van der Waals surface area contributed by atoms with Gasteiger partial charge in [-0.15, -0.1) is 0 Å². The van der Waals surface area contributed by atoms with Crippen LogP contribution in [0.3, 0.4) is 0 Å². The third kappa shape index (κ3) is 2.03. The topological polar surface area (TPSA) is 97.5 Å². The minimum atomic E-state index is -3.46. The molecule has 0 aliphatic heterocycles. The van der Waals surface area contributed by atoms with E-state index < -0.39 is 32.4 Å². The van der Waals surface area contributed by atoms with Crippen LogP contribution in [0.4, 0.5) is 0 Å². The first-order chi connectivity index (χ1) is 9.31. The summed E-state index contributed by atoms with van der Waals surface area (Å²) in [7, 11) is -3.46. The zero-order chi connectivity index (χ0) is 15.1. The van der Waals surface area contributed by atoms with E-state index in [0.717, 1.165) is 11.1 Å². The SMILES string of the molecule is CCS(=O)(=O)[C@@H]1[C@H](c2ccc(C)cc2)[C@@]1(CN)C(=O)O. The number of nitrogens with two attached hydrogens (primary N) is 1. The molecule has 0 spiro atoms. The quantitative estimate of drug-likeness (QED) is 0.842. The summed E-state index contributed by atoms with van der Waals surface area (Å²) in [4.78, 5) is 11.6. The highest BCUT2D eigenvalue weighted by molar-refractivity contribution is 7.92. The van der Waals surface area contributed by atoms with Crippen LogP contribution in [-0.2, 0) is 14.6 Å². The van der Waals surface area contributed by atoms with Crippen LogP contribution in [0.5, 0.6) is 0 Å². The molecular weight excluding hydrogens is 278 g/mol. The molecular formula is C14H19NO4S. The summed E-state index contributed by atoms with van der Waals surface area (Å²) in [6, 6.07) is 7.29. The largest absolute Gasteiger partial charge is 0.481 e. The molecule has 1 aromatic carbocycles. The van der Waals surface area contributed by atoms with Crippen molar-refractivity contribution < 1.29 is 18.3 Å². The van der Waals surface area contributed by atoms with Crippen molar-refractivity contribution in [3.05, 3.63) is 35.4 Å². The molecule has 0 amide bonds. The van der Waals surface area contributed by atoms with E-state index in [0.29, 0.717) is 0 Å². The fourth-order valence-corrected chi connectivity index (χ4v) is 5.02. The van der Waals surface area contributed by atoms with Gasteiger partial charge in [0.1, 0.15) is 5.41 Å². The predicted octanol–water partition coefficient (Wildman–Crippen LogP) is 0.925. The Bertz CT molecular complexity index is 623. The van der Waals surface area contributed by atoms with E-state index in [9.17, 15) is 18.3 Å². The van der Waals surface area contributed by atoms with Crippen molar-refractivity contribution in [2.75, 3.05) is 12.3 Å². The van der Waals surface area contributed by atoms with Gasteiger partial charge < -0.3 is 10.8 Å². The molecule has 2 rings (SSSR count). The van der Waals surface area contributed by atoms with Crippen molar-refractivity contribution in [1.82, 2.24) is 0 Å². The first-order valence-corrected chi connectivity index (χ1v) is 8.24. The fraction of sp³-hybridized carbons (Fsp3) is 0.500. The van der Waals surface area contributed by atoms with Gasteiger partial charge in [-0.2, -0.15) is 0 Å². The molecule has 0 bridgehead atoms. The van der Waals surface area contributed by atoms with Crippen molar-refractivity contribution >= 4 is 15.8 Å². The van der Waals surface area contributed by atoms with Gasteiger partial charge in [0.2, 0.25) is 0 Å². The minimum Gasteiger partial charge on any atom is -0.481 e. The van der Waals surface area contributed by atoms with Crippen LogP contribution in [0, 0.1) is 12.3 Å². The smallest absolute Gasteiger partial charge is 0.312 e. The summed E-state index contributed by atoms with van der Waals surface area (Å²) in [5.41, 5.74) is 6.01. The van der Waals surface area contributed by atoms with Gasteiger partial charge in [0.15, 0.2) is 9.84 Å². The number of sulfone groups is 1. The highest BCUT2D eigenvalue weighted by Gasteiger charge is 2.74. The Hall–Kier alpha value is -1.40. The second kappa shape index (κ2) is 4.86. The van der Waals surface area contributed by atoms with Crippen LogP contribution in [-0.4, -0.2) is 37.0 Å². The van der Waals surface area contributed by atoms with E-state index in [1.54, 1.807) is 12.1 Å². The molecule has 20 heavy (non-hydrogen) atoms. The number of benzene rings is 1. The van der Waals surface area contributed by atoms with Gasteiger partial charge in [-0.25, -0.2) is 8.42 Å². The van der Waals surface area contributed by atoms with E-state index in [-0.39, 0.29) is 12.3 Å². The normalized spacial score (nSPS) is 29.1. The van der Waals surface area contributed by atoms with Crippen molar-refractivity contribution in [1.29, 1.82) is 0 Å². The van der Waals surface area contributed by atoms with E-state index in [4.69, 9.17) is 5.73 Å². The van der Waals surface area contributed by atoms with Crippen LogP contribution < -0.4 is 5.73 Å². The summed E-state index contributed by atoms with van der Waals surface area (Å²) in [6.07, 6.45) is 0. The predicted molar refractivity (Wildman–Crippen MR) is 76.3 cm³/mol. The average Bonchev–Trinajstić information content (AvgIpc) is 3.11. The van der Waals surface area contributed by atoms with E-state index in [1.165, 1.54) is 6.92 Å². The first kappa shape index (κ1) is 15.0. The molecule has 0 radical (unpaired) electrons. The third-order valence-electron chi connectivity index (χ3n) is 4.22. The lowest BCUT2D eigenvalue weighted by Gasteiger charge is -2.09. The summed E-state index contributed by atoms with van der Waals surface area (Å²) in [6.45, 7) is 3.28. The van der Waals surface area contributed by atoms with Crippen molar-refractivity contribution in [2.24, 2.45) is 11.1 Å². The number of carbonyl (C=O) groups is 1. The molecule has 110 valence electrons. The van der Waals surface area contributed by atoms with Crippen LogP contribution >= 0.6 is 0 Å². The van der Waals surface area contributed by atoms with E-state index in [2.05, 4.69) is 0 Å². The zero-order valence-electron chi connectivity index (χ0n) is 11.5. The second-order valence-corrected chi connectivity index (χ2v) is 7.72. The number of aliphatic carboxylic acids is 1. The van der Waals surface area contributed by atoms with Crippen LogP contribution in [0.2, 0.25) is 0 Å². The third-order valence-corrected chi connectivity index (χ3v) is 6.49. The number of rotatable bonds is 5. The van der Waals surface area contributed by atoms with Crippen LogP contribution in [0.1, 0.15) is 24.0 Å². The zero-order valence-corrected chi connectivity index (χ0v) is 12.4. The highest BCUT2D eigenvalue weighted by atomic mass is 32.2. The monoisotopic (exact) mass is 297 g/mol. The number of hydrogen-bond acceptors (Lipinski definition) is 4. The Morgan fingerprint density at radius 3 is 2.30 bits per heavy atom. The van der Waals surface area contributed by atoms with Gasteiger partial charge in [0, 0.05) is 18.2 Å². The van der Waals surface area contributed by atoms with Crippen molar-refractivity contribution in [3.63, 3.8) is 0 Å².